The number of rotatable bonds is 3. The smallest absolute Gasteiger partial charge is 0.254 e. The van der Waals surface area contributed by atoms with Gasteiger partial charge in [-0.15, -0.1) is 0 Å². The van der Waals surface area contributed by atoms with Gasteiger partial charge in [0.2, 0.25) is 0 Å². The summed E-state index contributed by atoms with van der Waals surface area (Å²) in [6.07, 6.45) is 2.14. The van der Waals surface area contributed by atoms with Crippen molar-refractivity contribution in [2.45, 2.75) is 45.3 Å². The molecular weight excluding hydrogens is 314 g/mol. The molecule has 5 heteroatoms. The summed E-state index contributed by atoms with van der Waals surface area (Å²) < 4.78 is 5.78. The molecule has 0 aromatic heterocycles. The third-order valence-electron chi connectivity index (χ3n) is 5.59. The predicted octanol–water partition coefficient (Wildman–Crippen LogP) is 3.04. The molecule has 3 rings (SSSR count). The largest absolute Gasteiger partial charge is 0.392 e. The minimum Gasteiger partial charge on any atom is -0.392 e. The molecule has 1 aliphatic heterocycles. The highest BCUT2D eigenvalue weighted by atomic mass is 35.5. The van der Waals surface area contributed by atoms with Gasteiger partial charge in [0, 0.05) is 42.1 Å². The third kappa shape index (κ3) is 2.77. The zero-order chi connectivity index (χ0) is 16.6. The lowest BCUT2D eigenvalue weighted by atomic mass is 9.58. The third-order valence-corrected chi connectivity index (χ3v) is 6.00. The number of hydrogen-bond donors (Lipinski definition) is 1. The standard InChI is InChI=1S/C18H24ClNO3/c1-3-23-16-11-15(21)18(16)7-9-20(10-8-18)17(22)13-5-4-6-14(19)12(13)2/h4-6,15-16,21H,3,7-11H2,1-2H3/t15-,16-/m0/s1. The van der Waals surface area contributed by atoms with E-state index < -0.39 is 0 Å². The Balaban J connectivity index is 1.69. The summed E-state index contributed by atoms with van der Waals surface area (Å²) >= 11 is 6.13. The van der Waals surface area contributed by atoms with Gasteiger partial charge in [-0.25, -0.2) is 0 Å². The molecular formula is C18H24ClNO3. The second-order valence-electron chi connectivity index (χ2n) is 6.63. The Morgan fingerprint density at radius 3 is 2.74 bits per heavy atom. The van der Waals surface area contributed by atoms with Crippen LogP contribution in [0.1, 0.15) is 42.1 Å². The number of aliphatic hydroxyl groups excluding tert-OH is 1. The summed E-state index contributed by atoms with van der Waals surface area (Å²) in [5.41, 5.74) is 1.34. The van der Waals surface area contributed by atoms with Crippen molar-refractivity contribution >= 4 is 17.5 Å². The van der Waals surface area contributed by atoms with Crippen LogP contribution in [-0.4, -0.2) is 47.8 Å². The van der Waals surface area contributed by atoms with E-state index >= 15 is 0 Å². The van der Waals surface area contributed by atoms with Crippen molar-refractivity contribution in [3.63, 3.8) is 0 Å². The topological polar surface area (TPSA) is 49.8 Å². The van der Waals surface area contributed by atoms with Crippen LogP contribution >= 0.6 is 11.6 Å². The number of carbonyl (C=O) groups is 1. The van der Waals surface area contributed by atoms with E-state index in [1.807, 2.05) is 30.9 Å². The number of carbonyl (C=O) groups excluding carboxylic acids is 1. The lowest BCUT2D eigenvalue weighted by Gasteiger charge is -2.56. The molecule has 2 atom stereocenters. The number of halogens is 1. The average molecular weight is 338 g/mol. The second-order valence-corrected chi connectivity index (χ2v) is 7.04. The molecule has 1 spiro atoms. The molecule has 1 saturated carbocycles. The first-order valence-corrected chi connectivity index (χ1v) is 8.71. The summed E-state index contributed by atoms with van der Waals surface area (Å²) in [5, 5.41) is 10.9. The van der Waals surface area contributed by atoms with Crippen molar-refractivity contribution in [1.29, 1.82) is 0 Å². The maximum atomic E-state index is 12.8. The second kappa shape index (κ2) is 6.42. The predicted molar refractivity (Wildman–Crippen MR) is 89.8 cm³/mol. The van der Waals surface area contributed by atoms with E-state index in [2.05, 4.69) is 0 Å². The number of likely N-dealkylation sites (tertiary alicyclic amines) is 1. The lowest BCUT2D eigenvalue weighted by molar-refractivity contribution is -0.207. The number of ether oxygens (including phenoxy) is 1. The zero-order valence-electron chi connectivity index (χ0n) is 13.7. The summed E-state index contributed by atoms with van der Waals surface area (Å²) in [7, 11) is 0. The minimum absolute atomic E-state index is 0.0293. The summed E-state index contributed by atoms with van der Waals surface area (Å²) in [5.74, 6) is 0.0293. The first kappa shape index (κ1) is 16.7. The molecule has 1 N–H and O–H groups in total. The summed E-state index contributed by atoms with van der Waals surface area (Å²) in [6, 6.07) is 5.44. The number of aliphatic hydroxyl groups is 1. The van der Waals surface area contributed by atoms with Crippen LogP contribution in [0, 0.1) is 12.3 Å². The molecule has 1 aromatic carbocycles. The summed E-state index contributed by atoms with van der Waals surface area (Å²) in [6.45, 7) is 5.85. The molecule has 1 amide bonds. The normalized spacial score (nSPS) is 26.2. The molecule has 1 aliphatic carbocycles. The maximum absolute atomic E-state index is 12.8. The highest BCUT2D eigenvalue weighted by Gasteiger charge is 2.56. The van der Waals surface area contributed by atoms with Crippen LogP contribution in [-0.2, 0) is 4.74 Å². The Kier molecular flexibility index (Phi) is 4.68. The highest BCUT2D eigenvalue weighted by Crippen LogP contribution is 2.51. The van der Waals surface area contributed by atoms with Gasteiger partial charge in [-0.2, -0.15) is 0 Å². The van der Waals surface area contributed by atoms with Gasteiger partial charge < -0.3 is 14.7 Å². The van der Waals surface area contributed by atoms with Crippen LogP contribution in [0.3, 0.4) is 0 Å². The fourth-order valence-electron chi connectivity index (χ4n) is 3.95. The molecule has 23 heavy (non-hydrogen) atoms. The average Bonchev–Trinajstić information content (AvgIpc) is 2.57. The molecule has 0 bridgehead atoms. The Labute approximate surface area is 142 Å². The fraction of sp³-hybridized carbons (Fsp3) is 0.611. The van der Waals surface area contributed by atoms with E-state index in [0.29, 0.717) is 30.3 Å². The van der Waals surface area contributed by atoms with E-state index in [0.717, 1.165) is 24.8 Å². The molecule has 2 aliphatic rings. The molecule has 0 radical (unpaired) electrons. The van der Waals surface area contributed by atoms with E-state index in [9.17, 15) is 9.90 Å². The number of benzene rings is 1. The lowest BCUT2D eigenvalue weighted by Crippen LogP contribution is -2.62. The Bertz CT molecular complexity index is 594. The molecule has 1 aromatic rings. The summed E-state index contributed by atoms with van der Waals surface area (Å²) in [4.78, 5) is 14.6. The van der Waals surface area contributed by atoms with E-state index in [-0.39, 0.29) is 23.5 Å². The van der Waals surface area contributed by atoms with Crippen LogP contribution in [0.2, 0.25) is 5.02 Å². The minimum atomic E-state index is -0.302. The maximum Gasteiger partial charge on any atom is 0.254 e. The number of hydrogen-bond acceptors (Lipinski definition) is 3. The Morgan fingerprint density at radius 2 is 2.13 bits per heavy atom. The van der Waals surface area contributed by atoms with Gasteiger partial charge in [-0.05, 0) is 44.4 Å². The fourth-order valence-corrected chi connectivity index (χ4v) is 4.13. The van der Waals surface area contributed by atoms with Crippen molar-refractivity contribution in [2.24, 2.45) is 5.41 Å². The Morgan fingerprint density at radius 1 is 1.43 bits per heavy atom. The molecule has 126 valence electrons. The monoisotopic (exact) mass is 337 g/mol. The van der Waals surface area contributed by atoms with Crippen molar-refractivity contribution in [2.75, 3.05) is 19.7 Å². The van der Waals surface area contributed by atoms with Crippen molar-refractivity contribution in [3.8, 4) is 0 Å². The van der Waals surface area contributed by atoms with Gasteiger partial charge in [0.25, 0.3) is 5.91 Å². The SMILES string of the molecule is CCO[C@H]1C[C@H](O)C12CCN(C(=O)c1cccc(Cl)c1C)CC2. The molecule has 2 fully saturated rings. The van der Waals surface area contributed by atoms with Crippen LogP contribution < -0.4 is 0 Å². The molecule has 1 saturated heterocycles. The van der Waals surface area contributed by atoms with Crippen LogP contribution in [0.5, 0.6) is 0 Å². The van der Waals surface area contributed by atoms with Gasteiger partial charge in [0.1, 0.15) is 0 Å². The van der Waals surface area contributed by atoms with Crippen LogP contribution in [0.4, 0.5) is 0 Å². The number of amides is 1. The quantitative estimate of drug-likeness (QED) is 0.922. The molecule has 4 nitrogen and oxygen atoms in total. The molecule has 0 unspecified atom stereocenters. The van der Waals surface area contributed by atoms with E-state index in [4.69, 9.17) is 16.3 Å². The zero-order valence-corrected chi connectivity index (χ0v) is 14.5. The van der Waals surface area contributed by atoms with Crippen LogP contribution in [0.15, 0.2) is 18.2 Å². The van der Waals surface area contributed by atoms with Gasteiger partial charge >= 0.3 is 0 Å². The highest BCUT2D eigenvalue weighted by molar-refractivity contribution is 6.31. The number of nitrogens with zero attached hydrogens (tertiary/aromatic N) is 1. The van der Waals surface area contributed by atoms with Crippen molar-refractivity contribution < 1.29 is 14.6 Å². The van der Waals surface area contributed by atoms with Gasteiger partial charge in [0.15, 0.2) is 0 Å². The van der Waals surface area contributed by atoms with Gasteiger partial charge in [-0.1, -0.05) is 17.7 Å². The first-order valence-electron chi connectivity index (χ1n) is 8.33. The number of piperidine rings is 1. The molecule has 1 heterocycles. The van der Waals surface area contributed by atoms with Crippen LogP contribution in [0.25, 0.3) is 0 Å². The Hall–Kier alpha value is -1.10. The van der Waals surface area contributed by atoms with E-state index in [1.165, 1.54) is 0 Å². The van der Waals surface area contributed by atoms with Crippen molar-refractivity contribution in [1.82, 2.24) is 4.90 Å². The van der Waals surface area contributed by atoms with Gasteiger partial charge in [-0.3, -0.25) is 4.79 Å². The van der Waals surface area contributed by atoms with Gasteiger partial charge in [0.05, 0.1) is 12.2 Å². The van der Waals surface area contributed by atoms with Crippen molar-refractivity contribution in [3.05, 3.63) is 34.3 Å². The first-order chi connectivity index (χ1) is 11.0. The van der Waals surface area contributed by atoms with E-state index in [1.54, 1.807) is 6.07 Å².